The van der Waals surface area contributed by atoms with Gasteiger partial charge in [0.25, 0.3) is 5.91 Å². The van der Waals surface area contributed by atoms with Crippen LogP contribution in [0.2, 0.25) is 5.02 Å². The van der Waals surface area contributed by atoms with Crippen molar-refractivity contribution in [2.75, 3.05) is 5.32 Å². The van der Waals surface area contributed by atoms with Crippen LogP contribution < -0.4 is 5.32 Å². The Morgan fingerprint density at radius 1 is 1.47 bits per heavy atom. The second-order valence-electron chi connectivity index (χ2n) is 3.43. The highest BCUT2D eigenvalue weighted by Gasteiger charge is 2.16. The molecule has 0 unspecified atom stereocenters. The van der Waals surface area contributed by atoms with E-state index in [1.807, 2.05) is 0 Å². The first-order valence-corrected chi connectivity index (χ1v) is 5.21. The van der Waals surface area contributed by atoms with Crippen LogP contribution in [0, 0.1) is 5.82 Å². The largest absolute Gasteiger partial charge is 0.305 e. The SMILES string of the molecule is Cn1ccc(NC(=O)c2c(F)cccc2Cl)n1. The first-order chi connectivity index (χ1) is 8.08. The predicted octanol–water partition coefficient (Wildman–Crippen LogP) is 2.46. The number of carbonyl (C=O) groups excluding carboxylic acids is 1. The van der Waals surface area contributed by atoms with Crippen LogP contribution in [0.5, 0.6) is 0 Å². The molecular formula is C11H9ClFN3O. The lowest BCUT2D eigenvalue weighted by molar-refractivity contribution is 0.102. The summed E-state index contributed by atoms with van der Waals surface area (Å²) in [6, 6.07) is 5.68. The zero-order valence-corrected chi connectivity index (χ0v) is 9.70. The Morgan fingerprint density at radius 2 is 2.24 bits per heavy atom. The molecule has 88 valence electrons. The minimum absolute atomic E-state index is 0.0680. The Kier molecular flexibility index (Phi) is 3.10. The Morgan fingerprint density at radius 3 is 2.82 bits per heavy atom. The van der Waals surface area contributed by atoms with E-state index in [4.69, 9.17) is 11.6 Å². The van der Waals surface area contributed by atoms with Crippen molar-refractivity contribution >= 4 is 23.3 Å². The van der Waals surface area contributed by atoms with Gasteiger partial charge in [0.05, 0.1) is 10.6 Å². The van der Waals surface area contributed by atoms with E-state index in [1.165, 1.54) is 22.9 Å². The third kappa shape index (κ3) is 2.45. The number of rotatable bonds is 2. The van der Waals surface area contributed by atoms with Crippen molar-refractivity contribution in [2.24, 2.45) is 7.05 Å². The summed E-state index contributed by atoms with van der Waals surface area (Å²) < 4.78 is 15.0. The number of carbonyl (C=O) groups is 1. The Labute approximate surface area is 102 Å². The van der Waals surface area contributed by atoms with Crippen molar-refractivity contribution in [3.8, 4) is 0 Å². The second-order valence-corrected chi connectivity index (χ2v) is 3.83. The van der Waals surface area contributed by atoms with Crippen LogP contribution in [-0.4, -0.2) is 15.7 Å². The maximum Gasteiger partial charge on any atom is 0.261 e. The fraction of sp³-hybridized carbons (Fsp3) is 0.0909. The van der Waals surface area contributed by atoms with E-state index in [1.54, 1.807) is 19.3 Å². The average molecular weight is 254 g/mol. The van der Waals surface area contributed by atoms with Gasteiger partial charge in [0.15, 0.2) is 5.82 Å². The van der Waals surface area contributed by atoms with Gasteiger partial charge in [-0.3, -0.25) is 9.48 Å². The standard InChI is InChI=1S/C11H9ClFN3O/c1-16-6-5-9(15-16)14-11(17)10-7(12)3-2-4-8(10)13/h2-6H,1H3,(H,14,15,17). The van der Waals surface area contributed by atoms with Crippen molar-refractivity contribution in [2.45, 2.75) is 0 Å². The Hall–Kier alpha value is -1.88. The molecule has 2 rings (SSSR count). The summed E-state index contributed by atoms with van der Waals surface area (Å²) in [4.78, 5) is 11.8. The fourth-order valence-electron chi connectivity index (χ4n) is 1.38. The lowest BCUT2D eigenvalue weighted by atomic mass is 10.2. The van der Waals surface area contributed by atoms with Gasteiger partial charge >= 0.3 is 0 Å². The number of aryl methyl sites for hydroxylation is 1. The number of benzene rings is 1. The highest BCUT2D eigenvalue weighted by Crippen LogP contribution is 2.19. The molecule has 4 nitrogen and oxygen atoms in total. The molecule has 1 N–H and O–H groups in total. The molecule has 1 aromatic heterocycles. The Bertz CT molecular complexity index is 547. The van der Waals surface area contributed by atoms with Crippen LogP contribution in [0.1, 0.15) is 10.4 Å². The smallest absolute Gasteiger partial charge is 0.261 e. The predicted molar refractivity (Wildman–Crippen MR) is 62.6 cm³/mol. The fourth-order valence-corrected chi connectivity index (χ4v) is 1.62. The van der Waals surface area contributed by atoms with Crippen LogP contribution in [0.4, 0.5) is 10.2 Å². The van der Waals surface area contributed by atoms with E-state index >= 15 is 0 Å². The molecule has 0 atom stereocenters. The zero-order chi connectivity index (χ0) is 12.4. The number of hydrogen-bond donors (Lipinski definition) is 1. The molecule has 1 heterocycles. The van der Waals surface area contributed by atoms with Crippen molar-refractivity contribution in [1.29, 1.82) is 0 Å². The van der Waals surface area contributed by atoms with Crippen LogP contribution in [0.25, 0.3) is 0 Å². The van der Waals surface area contributed by atoms with Crippen molar-refractivity contribution in [3.05, 3.63) is 46.9 Å². The van der Waals surface area contributed by atoms with Crippen molar-refractivity contribution < 1.29 is 9.18 Å². The summed E-state index contributed by atoms with van der Waals surface area (Å²) >= 11 is 5.77. The molecule has 1 aromatic carbocycles. The van der Waals surface area contributed by atoms with Crippen LogP contribution in [0.3, 0.4) is 0 Å². The molecule has 0 fully saturated rings. The van der Waals surface area contributed by atoms with Gasteiger partial charge in [-0.15, -0.1) is 0 Å². The first kappa shape index (κ1) is 11.6. The van der Waals surface area contributed by atoms with Gasteiger partial charge in [0.2, 0.25) is 0 Å². The summed E-state index contributed by atoms with van der Waals surface area (Å²) in [6.45, 7) is 0. The van der Waals surface area contributed by atoms with E-state index in [2.05, 4.69) is 10.4 Å². The summed E-state index contributed by atoms with van der Waals surface area (Å²) in [6.07, 6.45) is 1.67. The number of nitrogens with one attached hydrogen (secondary N) is 1. The quantitative estimate of drug-likeness (QED) is 0.894. The maximum atomic E-state index is 13.4. The van der Waals surface area contributed by atoms with Gasteiger partial charge in [-0.05, 0) is 12.1 Å². The minimum Gasteiger partial charge on any atom is -0.305 e. The van der Waals surface area contributed by atoms with Gasteiger partial charge in [-0.25, -0.2) is 4.39 Å². The molecule has 0 saturated heterocycles. The Balaban J connectivity index is 2.26. The molecule has 0 aliphatic rings. The molecule has 1 amide bonds. The monoisotopic (exact) mass is 253 g/mol. The highest BCUT2D eigenvalue weighted by molar-refractivity contribution is 6.34. The number of nitrogens with zero attached hydrogens (tertiary/aromatic N) is 2. The van der Waals surface area contributed by atoms with E-state index in [0.29, 0.717) is 5.82 Å². The topological polar surface area (TPSA) is 46.9 Å². The lowest BCUT2D eigenvalue weighted by Crippen LogP contribution is -2.15. The summed E-state index contributed by atoms with van der Waals surface area (Å²) in [7, 11) is 1.71. The molecule has 0 aliphatic heterocycles. The molecule has 17 heavy (non-hydrogen) atoms. The van der Waals surface area contributed by atoms with Gasteiger partial charge in [0, 0.05) is 19.3 Å². The normalized spacial score (nSPS) is 10.3. The van der Waals surface area contributed by atoms with E-state index in [0.717, 1.165) is 0 Å². The summed E-state index contributed by atoms with van der Waals surface area (Å²) in [5.74, 6) is -0.936. The van der Waals surface area contributed by atoms with Crippen LogP contribution in [-0.2, 0) is 7.05 Å². The third-order valence-electron chi connectivity index (χ3n) is 2.15. The van der Waals surface area contributed by atoms with E-state index < -0.39 is 11.7 Å². The summed E-state index contributed by atoms with van der Waals surface area (Å²) in [5, 5.41) is 6.49. The van der Waals surface area contributed by atoms with Crippen LogP contribution in [0.15, 0.2) is 30.5 Å². The molecule has 6 heteroatoms. The van der Waals surface area contributed by atoms with Crippen molar-refractivity contribution in [1.82, 2.24) is 9.78 Å². The highest BCUT2D eigenvalue weighted by atomic mass is 35.5. The van der Waals surface area contributed by atoms with Gasteiger partial charge < -0.3 is 5.32 Å². The summed E-state index contributed by atoms with van der Waals surface area (Å²) in [5.41, 5.74) is -0.181. The van der Waals surface area contributed by atoms with Crippen LogP contribution >= 0.6 is 11.6 Å². The lowest BCUT2D eigenvalue weighted by Gasteiger charge is -2.05. The molecular weight excluding hydrogens is 245 g/mol. The molecule has 0 radical (unpaired) electrons. The number of hydrogen-bond acceptors (Lipinski definition) is 2. The molecule has 0 aliphatic carbocycles. The first-order valence-electron chi connectivity index (χ1n) is 4.83. The van der Waals surface area contributed by atoms with E-state index in [9.17, 15) is 9.18 Å². The molecule has 0 saturated carbocycles. The second kappa shape index (κ2) is 4.55. The molecule has 2 aromatic rings. The van der Waals surface area contributed by atoms with Gasteiger partial charge in [-0.2, -0.15) is 5.10 Å². The van der Waals surface area contributed by atoms with Gasteiger partial charge in [-0.1, -0.05) is 17.7 Å². The number of amides is 1. The maximum absolute atomic E-state index is 13.4. The number of anilines is 1. The number of halogens is 2. The van der Waals surface area contributed by atoms with Crippen molar-refractivity contribution in [3.63, 3.8) is 0 Å². The number of aromatic nitrogens is 2. The molecule has 0 spiro atoms. The third-order valence-corrected chi connectivity index (χ3v) is 2.46. The molecule has 0 bridgehead atoms. The average Bonchev–Trinajstić information content (AvgIpc) is 2.63. The van der Waals surface area contributed by atoms with E-state index in [-0.39, 0.29) is 10.6 Å². The van der Waals surface area contributed by atoms with Gasteiger partial charge in [0.1, 0.15) is 5.82 Å². The minimum atomic E-state index is -0.661. The zero-order valence-electron chi connectivity index (χ0n) is 8.95.